The largest absolute Gasteiger partial charge is 0.355 e. The Morgan fingerprint density at radius 2 is 2.22 bits per heavy atom. The van der Waals surface area contributed by atoms with Gasteiger partial charge < -0.3 is 14.7 Å². The molecule has 6 nitrogen and oxygen atoms in total. The Hall–Kier alpha value is -2.11. The standard InChI is InChI=1S/C17H24N4O2/c1-19(17(23)13-21-11-5-8-16(21)22)14-6-4-10-20(12-14)15-7-2-3-9-18-15/h2-3,7,9,14H,4-6,8,10-13H2,1H3/t14-/m1/s1. The molecule has 1 atom stereocenters. The van der Waals surface area contributed by atoms with Gasteiger partial charge in [0.1, 0.15) is 5.82 Å². The Labute approximate surface area is 137 Å². The summed E-state index contributed by atoms with van der Waals surface area (Å²) in [6.07, 6.45) is 5.29. The Morgan fingerprint density at radius 1 is 1.35 bits per heavy atom. The van der Waals surface area contributed by atoms with E-state index >= 15 is 0 Å². The summed E-state index contributed by atoms with van der Waals surface area (Å²) in [6.45, 7) is 2.70. The van der Waals surface area contributed by atoms with Crippen molar-refractivity contribution in [2.45, 2.75) is 31.7 Å². The highest BCUT2D eigenvalue weighted by atomic mass is 16.2. The molecular weight excluding hydrogens is 292 g/mol. The number of nitrogens with zero attached hydrogens (tertiary/aromatic N) is 4. The number of aromatic nitrogens is 1. The molecule has 0 bridgehead atoms. The van der Waals surface area contributed by atoms with E-state index in [2.05, 4.69) is 9.88 Å². The predicted octanol–water partition coefficient (Wildman–Crippen LogP) is 1.13. The lowest BCUT2D eigenvalue weighted by atomic mass is 10.0. The van der Waals surface area contributed by atoms with Crippen molar-refractivity contribution < 1.29 is 9.59 Å². The molecule has 2 aliphatic rings. The molecule has 2 saturated heterocycles. The van der Waals surface area contributed by atoms with Gasteiger partial charge in [0.2, 0.25) is 11.8 Å². The van der Waals surface area contributed by atoms with E-state index in [4.69, 9.17) is 0 Å². The van der Waals surface area contributed by atoms with Crippen LogP contribution in [-0.4, -0.2) is 65.9 Å². The second kappa shape index (κ2) is 6.98. The fourth-order valence-electron chi connectivity index (χ4n) is 3.37. The van der Waals surface area contributed by atoms with Gasteiger partial charge in [0.25, 0.3) is 0 Å². The van der Waals surface area contributed by atoms with Crippen molar-refractivity contribution in [1.82, 2.24) is 14.8 Å². The summed E-state index contributed by atoms with van der Waals surface area (Å²) in [7, 11) is 1.86. The fraction of sp³-hybridized carbons (Fsp3) is 0.588. The molecular formula is C17H24N4O2. The molecule has 0 aliphatic carbocycles. The highest BCUT2D eigenvalue weighted by molar-refractivity contribution is 5.86. The first kappa shape index (κ1) is 15.8. The third kappa shape index (κ3) is 3.63. The van der Waals surface area contributed by atoms with Crippen LogP contribution < -0.4 is 4.90 Å². The molecule has 1 aromatic heterocycles. The second-order valence-electron chi connectivity index (χ2n) is 6.35. The highest BCUT2D eigenvalue weighted by Crippen LogP contribution is 2.20. The quantitative estimate of drug-likeness (QED) is 0.835. The van der Waals surface area contributed by atoms with Crippen LogP contribution >= 0.6 is 0 Å². The fourth-order valence-corrected chi connectivity index (χ4v) is 3.37. The van der Waals surface area contributed by atoms with Crippen molar-refractivity contribution in [2.24, 2.45) is 0 Å². The smallest absolute Gasteiger partial charge is 0.242 e. The van der Waals surface area contributed by atoms with Crippen molar-refractivity contribution in [3.05, 3.63) is 24.4 Å². The van der Waals surface area contributed by atoms with Crippen molar-refractivity contribution in [3.63, 3.8) is 0 Å². The van der Waals surface area contributed by atoms with Crippen LogP contribution in [0.1, 0.15) is 25.7 Å². The zero-order valence-corrected chi connectivity index (χ0v) is 13.6. The summed E-state index contributed by atoms with van der Waals surface area (Å²) in [5.74, 6) is 1.10. The molecule has 0 spiro atoms. The van der Waals surface area contributed by atoms with Crippen molar-refractivity contribution in [2.75, 3.05) is 38.1 Å². The van der Waals surface area contributed by atoms with Gasteiger partial charge in [-0.3, -0.25) is 9.59 Å². The lowest BCUT2D eigenvalue weighted by Crippen LogP contribution is -2.51. The Kier molecular flexibility index (Phi) is 4.79. The van der Waals surface area contributed by atoms with Crippen LogP contribution in [0.15, 0.2) is 24.4 Å². The number of rotatable bonds is 4. The average Bonchev–Trinajstić information content (AvgIpc) is 3.00. The van der Waals surface area contributed by atoms with E-state index in [1.165, 1.54) is 0 Å². The topological polar surface area (TPSA) is 56.8 Å². The van der Waals surface area contributed by atoms with Gasteiger partial charge >= 0.3 is 0 Å². The molecule has 0 saturated carbocycles. The first-order valence-electron chi connectivity index (χ1n) is 8.34. The van der Waals surface area contributed by atoms with Crippen molar-refractivity contribution in [3.8, 4) is 0 Å². The molecule has 0 N–H and O–H groups in total. The maximum Gasteiger partial charge on any atom is 0.242 e. The van der Waals surface area contributed by atoms with Crippen LogP contribution in [0.3, 0.4) is 0 Å². The van der Waals surface area contributed by atoms with E-state index in [0.29, 0.717) is 13.0 Å². The van der Waals surface area contributed by atoms with Gasteiger partial charge in [0, 0.05) is 45.3 Å². The van der Waals surface area contributed by atoms with E-state index in [0.717, 1.165) is 38.2 Å². The number of hydrogen-bond acceptors (Lipinski definition) is 4. The molecule has 0 unspecified atom stereocenters. The molecule has 2 aliphatic heterocycles. The number of anilines is 1. The Balaban J connectivity index is 1.59. The van der Waals surface area contributed by atoms with Gasteiger partial charge in [-0.1, -0.05) is 6.07 Å². The molecule has 6 heteroatoms. The van der Waals surface area contributed by atoms with E-state index < -0.39 is 0 Å². The minimum atomic E-state index is 0.0353. The van der Waals surface area contributed by atoms with Gasteiger partial charge in [0.05, 0.1) is 6.54 Å². The number of carbonyl (C=O) groups excluding carboxylic acids is 2. The summed E-state index contributed by atoms with van der Waals surface area (Å²) >= 11 is 0. The number of likely N-dealkylation sites (tertiary alicyclic amines) is 1. The summed E-state index contributed by atoms with van der Waals surface area (Å²) in [5.41, 5.74) is 0. The lowest BCUT2D eigenvalue weighted by molar-refractivity contribution is -0.139. The SMILES string of the molecule is CN(C(=O)CN1CCCC1=O)[C@@H]1CCCN(c2ccccn2)C1. The van der Waals surface area contributed by atoms with Gasteiger partial charge in [-0.15, -0.1) is 0 Å². The third-order valence-electron chi connectivity index (χ3n) is 4.81. The van der Waals surface area contributed by atoms with Gasteiger partial charge in [-0.05, 0) is 31.4 Å². The lowest BCUT2D eigenvalue weighted by Gasteiger charge is -2.38. The van der Waals surface area contributed by atoms with E-state index in [9.17, 15) is 9.59 Å². The van der Waals surface area contributed by atoms with Gasteiger partial charge in [-0.2, -0.15) is 0 Å². The number of likely N-dealkylation sites (N-methyl/N-ethyl adjacent to an activating group) is 1. The van der Waals surface area contributed by atoms with Crippen LogP contribution in [0.4, 0.5) is 5.82 Å². The van der Waals surface area contributed by atoms with Gasteiger partial charge in [-0.25, -0.2) is 4.98 Å². The third-order valence-corrected chi connectivity index (χ3v) is 4.81. The maximum atomic E-state index is 12.5. The summed E-state index contributed by atoms with van der Waals surface area (Å²) in [5, 5.41) is 0. The van der Waals surface area contributed by atoms with E-state index in [1.807, 2.05) is 30.1 Å². The molecule has 0 radical (unpaired) electrons. The van der Waals surface area contributed by atoms with Crippen LogP contribution in [0, 0.1) is 0 Å². The second-order valence-corrected chi connectivity index (χ2v) is 6.35. The molecule has 1 aromatic rings. The molecule has 3 heterocycles. The summed E-state index contributed by atoms with van der Waals surface area (Å²) in [4.78, 5) is 34.3. The monoisotopic (exact) mass is 316 g/mol. The minimum Gasteiger partial charge on any atom is -0.355 e. The first-order chi connectivity index (χ1) is 11.1. The number of pyridine rings is 1. The van der Waals surface area contributed by atoms with Crippen LogP contribution in [0.5, 0.6) is 0 Å². The minimum absolute atomic E-state index is 0.0353. The van der Waals surface area contributed by atoms with Crippen molar-refractivity contribution >= 4 is 17.6 Å². The highest BCUT2D eigenvalue weighted by Gasteiger charge is 2.29. The van der Waals surface area contributed by atoms with E-state index in [1.54, 1.807) is 11.1 Å². The van der Waals surface area contributed by atoms with Crippen LogP contribution in [0.25, 0.3) is 0 Å². The summed E-state index contributed by atoms with van der Waals surface area (Å²) in [6, 6.07) is 6.08. The first-order valence-corrected chi connectivity index (χ1v) is 8.34. The normalized spacial score (nSPS) is 21.6. The number of hydrogen-bond donors (Lipinski definition) is 0. The average molecular weight is 316 g/mol. The van der Waals surface area contributed by atoms with E-state index in [-0.39, 0.29) is 24.4 Å². The number of piperidine rings is 1. The zero-order chi connectivity index (χ0) is 16.2. The maximum absolute atomic E-state index is 12.5. The number of amides is 2. The van der Waals surface area contributed by atoms with Crippen LogP contribution in [-0.2, 0) is 9.59 Å². The molecule has 23 heavy (non-hydrogen) atoms. The number of carbonyl (C=O) groups is 2. The molecule has 2 fully saturated rings. The summed E-state index contributed by atoms with van der Waals surface area (Å²) < 4.78 is 0. The van der Waals surface area contributed by atoms with Crippen molar-refractivity contribution in [1.29, 1.82) is 0 Å². The van der Waals surface area contributed by atoms with Crippen LogP contribution in [0.2, 0.25) is 0 Å². The zero-order valence-electron chi connectivity index (χ0n) is 13.6. The predicted molar refractivity (Wildman–Crippen MR) is 88.1 cm³/mol. The van der Waals surface area contributed by atoms with Gasteiger partial charge in [0.15, 0.2) is 0 Å². The molecule has 124 valence electrons. The Morgan fingerprint density at radius 3 is 2.91 bits per heavy atom. The molecule has 2 amide bonds. The Bertz CT molecular complexity index is 563. The molecule has 0 aromatic carbocycles. The molecule has 3 rings (SSSR count).